The number of halogens is 2. The summed E-state index contributed by atoms with van der Waals surface area (Å²) in [6.45, 7) is 7.27. The van der Waals surface area contributed by atoms with Crippen LogP contribution in [-0.4, -0.2) is 55.5 Å². The molecule has 5 nitrogen and oxygen atoms in total. The average molecular weight is 521 g/mol. The molecule has 0 bridgehead atoms. The summed E-state index contributed by atoms with van der Waals surface area (Å²) < 4.78 is 19.6. The van der Waals surface area contributed by atoms with Crippen LogP contribution in [0.4, 0.5) is 9.18 Å². The Labute approximate surface area is 222 Å². The van der Waals surface area contributed by atoms with Gasteiger partial charge in [0.1, 0.15) is 19.2 Å². The molecule has 3 aliphatic rings. The molecule has 5 rings (SSSR count). The third-order valence-corrected chi connectivity index (χ3v) is 6.41. The Morgan fingerprint density at radius 1 is 1.16 bits per heavy atom. The number of carbonyl (C=O) groups is 2. The van der Waals surface area contributed by atoms with E-state index in [1.165, 1.54) is 11.6 Å². The van der Waals surface area contributed by atoms with E-state index in [0.717, 1.165) is 25.2 Å². The maximum absolute atomic E-state index is 14.6. The summed E-state index contributed by atoms with van der Waals surface area (Å²) in [4.78, 5) is 23.5. The smallest absolute Gasteiger partial charge is 0.413 e. The molecule has 2 aliphatic heterocycles. The van der Waals surface area contributed by atoms with Gasteiger partial charge in [0, 0.05) is 36.8 Å². The van der Waals surface area contributed by atoms with E-state index in [1.54, 1.807) is 23.2 Å². The molecule has 1 aliphatic carbocycles. The number of nitrogens with zero attached hydrogens (tertiary/aromatic N) is 2. The molecule has 0 aromatic heterocycles. The Morgan fingerprint density at radius 2 is 1.95 bits per heavy atom. The fraction of sp³-hybridized carbons (Fsp3) is 0.267. The number of benzene rings is 2. The highest BCUT2D eigenvalue weighted by molar-refractivity contribution is 6.30. The standard InChI is InChI=1S/C22H20ClFN2O2.C7H8.CH2O/c23-18-6-7-19(21(24)12-18)20-15-25(13-16-4-2-1-3-5-16)14-17(20)8-9-26-10-11-28-22(26)27;1-7-5-3-2-4-6-7;1-2/h2,4-9,12,17,20H,10-11,13-15H2;2-6H,1H3;1H2/t17?,20-;;/m1../s1. The minimum atomic E-state index is -0.337. The number of rotatable bonds is 5. The lowest BCUT2D eigenvalue weighted by Gasteiger charge is -2.18. The number of carbonyl (C=O) groups excluding carboxylic acids is 2. The summed E-state index contributed by atoms with van der Waals surface area (Å²) in [5, 5.41) is 0.388. The van der Waals surface area contributed by atoms with Gasteiger partial charge in [0.25, 0.3) is 0 Å². The van der Waals surface area contributed by atoms with Gasteiger partial charge in [-0.1, -0.05) is 71.1 Å². The van der Waals surface area contributed by atoms with Crippen LogP contribution in [0.5, 0.6) is 0 Å². The fourth-order valence-electron chi connectivity index (χ4n) is 4.39. The van der Waals surface area contributed by atoms with Gasteiger partial charge in [-0.15, -0.1) is 0 Å². The first kappa shape index (κ1) is 27.9. The predicted octanol–water partition coefficient (Wildman–Crippen LogP) is 6.08. The minimum Gasteiger partial charge on any atom is -0.447 e. The number of hydrogen-bond donors (Lipinski definition) is 0. The molecule has 0 N–H and O–H groups in total. The van der Waals surface area contributed by atoms with E-state index in [9.17, 15) is 9.18 Å². The van der Waals surface area contributed by atoms with E-state index >= 15 is 0 Å². The lowest BCUT2D eigenvalue weighted by Crippen LogP contribution is -2.23. The topological polar surface area (TPSA) is 49.9 Å². The summed E-state index contributed by atoms with van der Waals surface area (Å²) in [7, 11) is 0. The lowest BCUT2D eigenvalue weighted by molar-refractivity contribution is -0.0980. The van der Waals surface area contributed by atoms with Gasteiger partial charge in [0.05, 0.1) is 6.54 Å². The van der Waals surface area contributed by atoms with Crippen LogP contribution in [0.3, 0.4) is 0 Å². The monoisotopic (exact) mass is 520 g/mol. The molecular formula is C30H30ClFN2O3. The summed E-state index contributed by atoms with van der Waals surface area (Å²) in [5.41, 5.74) is 8.99. The van der Waals surface area contributed by atoms with E-state index in [-0.39, 0.29) is 23.7 Å². The SMILES string of the molecule is C=O.Cc1ccccc1.O=C1OCCN1C=CC1CN(CC2=CC=C=C=C2)C[C@H]1c1ccc(Cl)cc1F. The molecule has 0 spiro atoms. The second-order valence-electron chi connectivity index (χ2n) is 8.78. The minimum absolute atomic E-state index is 0.0219. The first-order valence-corrected chi connectivity index (χ1v) is 12.3. The lowest BCUT2D eigenvalue weighted by atomic mass is 9.88. The predicted molar refractivity (Wildman–Crippen MR) is 144 cm³/mol. The zero-order chi connectivity index (χ0) is 26.6. The van der Waals surface area contributed by atoms with E-state index in [0.29, 0.717) is 23.7 Å². The highest BCUT2D eigenvalue weighted by Gasteiger charge is 2.34. The van der Waals surface area contributed by atoms with Gasteiger partial charge >= 0.3 is 6.09 Å². The van der Waals surface area contributed by atoms with E-state index < -0.39 is 0 Å². The van der Waals surface area contributed by atoms with Crippen molar-refractivity contribution < 1.29 is 18.7 Å². The molecule has 0 saturated carbocycles. The molecule has 2 saturated heterocycles. The molecule has 2 fully saturated rings. The molecule has 7 heteroatoms. The van der Waals surface area contributed by atoms with Crippen molar-refractivity contribution in [2.24, 2.45) is 5.92 Å². The summed E-state index contributed by atoms with van der Waals surface area (Å²) in [5.74, 6) is -0.240. The average Bonchev–Trinajstić information content (AvgIpc) is 3.50. The van der Waals surface area contributed by atoms with E-state index in [2.05, 4.69) is 35.4 Å². The molecule has 37 heavy (non-hydrogen) atoms. The molecule has 2 aromatic rings. The third kappa shape index (κ3) is 8.18. The van der Waals surface area contributed by atoms with Crippen LogP contribution in [0.15, 0.2) is 96.1 Å². The van der Waals surface area contributed by atoms with Gasteiger partial charge < -0.3 is 9.53 Å². The number of likely N-dealkylation sites (tertiary alicyclic amines) is 1. The van der Waals surface area contributed by atoms with Crippen molar-refractivity contribution in [1.82, 2.24) is 9.80 Å². The quantitative estimate of drug-likeness (QED) is 0.448. The van der Waals surface area contributed by atoms with Gasteiger partial charge in [0.2, 0.25) is 0 Å². The van der Waals surface area contributed by atoms with Crippen molar-refractivity contribution in [2.45, 2.75) is 12.8 Å². The zero-order valence-corrected chi connectivity index (χ0v) is 21.5. The Hall–Kier alpha value is -3.66. The summed E-state index contributed by atoms with van der Waals surface area (Å²) in [6, 6.07) is 15.1. The van der Waals surface area contributed by atoms with E-state index in [4.69, 9.17) is 21.1 Å². The highest BCUT2D eigenvalue weighted by atomic mass is 35.5. The van der Waals surface area contributed by atoms with Crippen LogP contribution in [0.25, 0.3) is 0 Å². The molecular weight excluding hydrogens is 491 g/mol. The van der Waals surface area contributed by atoms with Gasteiger partial charge in [0.15, 0.2) is 0 Å². The molecule has 0 radical (unpaired) electrons. The zero-order valence-electron chi connectivity index (χ0n) is 20.8. The number of allylic oxidation sites excluding steroid dienone is 2. The maximum Gasteiger partial charge on any atom is 0.413 e. The van der Waals surface area contributed by atoms with Crippen molar-refractivity contribution in [1.29, 1.82) is 0 Å². The normalized spacial score (nSPS) is 20.2. The second-order valence-corrected chi connectivity index (χ2v) is 9.21. The number of amides is 1. The number of aryl methyl sites for hydroxylation is 1. The first-order chi connectivity index (χ1) is 18.0. The molecule has 2 aromatic carbocycles. The van der Waals surface area contributed by atoms with Crippen molar-refractivity contribution >= 4 is 24.5 Å². The maximum atomic E-state index is 14.6. The fourth-order valence-corrected chi connectivity index (χ4v) is 4.55. The Bertz CT molecular complexity index is 1230. The molecule has 1 unspecified atom stereocenters. The van der Waals surface area contributed by atoms with Crippen LogP contribution < -0.4 is 0 Å². The van der Waals surface area contributed by atoms with Gasteiger partial charge in [-0.05, 0) is 54.3 Å². The largest absolute Gasteiger partial charge is 0.447 e. The third-order valence-electron chi connectivity index (χ3n) is 6.18. The first-order valence-electron chi connectivity index (χ1n) is 12.0. The Morgan fingerprint density at radius 3 is 2.54 bits per heavy atom. The van der Waals surface area contributed by atoms with Crippen LogP contribution in [0.1, 0.15) is 17.0 Å². The number of cyclic esters (lactones) is 1. The van der Waals surface area contributed by atoms with Crippen molar-refractivity contribution in [3.8, 4) is 0 Å². The Balaban J connectivity index is 0.000000361. The molecule has 2 heterocycles. The van der Waals surface area contributed by atoms with Crippen LogP contribution in [0, 0.1) is 18.7 Å². The number of hydrogen-bond acceptors (Lipinski definition) is 4. The molecule has 192 valence electrons. The molecule has 1 amide bonds. The van der Waals surface area contributed by atoms with Gasteiger partial charge in [-0.3, -0.25) is 9.80 Å². The Kier molecular flexibility index (Phi) is 10.7. The van der Waals surface area contributed by atoms with Crippen LogP contribution in [-0.2, 0) is 9.53 Å². The molecule has 2 atom stereocenters. The van der Waals surface area contributed by atoms with Gasteiger partial charge in [-0.2, -0.15) is 0 Å². The van der Waals surface area contributed by atoms with Gasteiger partial charge in [-0.25, -0.2) is 9.18 Å². The van der Waals surface area contributed by atoms with E-state index in [1.807, 2.05) is 49.3 Å². The second kappa shape index (κ2) is 14.2. The van der Waals surface area contributed by atoms with Crippen molar-refractivity contribution in [2.75, 3.05) is 32.8 Å². The van der Waals surface area contributed by atoms with Crippen LogP contribution >= 0.6 is 11.6 Å². The number of ether oxygens (including phenoxy) is 1. The highest BCUT2D eigenvalue weighted by Crippen LogP contribution is 2.36. The van der Waals surface area contributed by atoms with Crippen molar-refractivity contribution in [3.63, 3.8) is 0 Å². The summed E-state index contributed by atoms with van der Waals surface area (Å²) in [6.07, 6.45) is 9.21. The summed E-state index contributed by atoms with van der Waals surface area (Å²) >= 11 is 5.93. The van der Waals surface area contributed by atoms with Crippen LogP contribution in [0.2, 0.25) is 5.02 Å². The van der Waals surface area contributed by atoms with Crippen molar-refractivity contribution in [3.05, 3.63) is 118 Å².